The van der Waals surface area contributed by atoms with Gasteiger partial charge >= 0.3 is 0 Å². The lowest BCUT2D eigenvalue weighted by molar-refractivity contribution is 0.0691. The molecule has 2 fully saturated rings. The van der Waals surface area contributed by atoms with E-state index >= 15 is 0 Å². The maximum Gasteiger partial charge on any atom is 0.275 e. The van der Waals surface area contributed by atoms with Crippen LogP contribution < -0.4 is 0 Å². The Labute approximate surface area is 157 Å². The first-order valence-electron chi connectivity index (χ1n) is 10.2. The van der Waals surface area contributed by atoms with Crippen LogP contribution in [0.1, 0.15) is 56.4 Å². The monoisotopic (exact) mass is 362 g/mol. The Hall–Kier alpha value is -1.40. The lowest BCUT2D eigenvalue weighted by Crippen LogP contribution is -2.46. The van der Waals surface area contributed by atoms with Crippen LogP contribution in [0.15, 0.2) is 10.7 Å². The lowest BCUT2D eigenvalue weighted by Gasteiger charge is -2.34. The molecule has 0 atom stereocenters. The van der Waals surface area contributed by atoms with E-state index in [1.165, 1.54) is 19.2 Å². The van der Waals surface area contributed by atoms with Crippen molar-refractivity contribution in [2.75, 3.05) is 45.8 Å². The number of piperidine rings is 1. The fraction of sp³-hybridized carbons (Fsp3) is 0.800. The van der Waals surface area contributed by atoms with Gasteiger partial charge in [-0.25, -0.2) is 4.98 Å². The van der Waals surface area contributed by atoms with Crippen LogP contribution in [0.3, 0.4) is 0 Å². The first kappa shape index (κ1) is 19.4. The van der Waals surface area contributed by atoms with Crippen LogP contribution in [-0.4, -0.2) is 71.4 Å². The van der Waals surface area contributed by atoms with E-state index in [1.54, 1.807) is 0 Å². The first-order chi connectivity index (χ1) is 12.5. The van der Waals surface area contributed by atoms with Crippen molar-refractivity contribution in [2.45, 2.75) is 46.6 Å². The van der Waals surface area contributed by atoms with Gasteiger partial charge in [-0.2, -0.15) is 0 Å². The van der Waals surface area contributed by atoms with Gasteiger partial charge in [-0.1, -0.05) is 20.8 Å². The summed E-state index contributed by atoms with van der Waals surface area (Å²) in [4.78, 5) is 23.9. The third-order valence-corrected chi connectivity index (χ3v) is 5.69. The van der Waals surface area contributed by atoms with Crippen molar-refractivity contribution in [1.82, 2.24) is 19.7 Å². The quantitative estimate of drug-likeness (QED) is 0.779. The summed E-state index contributed by atoms with van der Waals surface area (Å²) in [5.74, 6) is 2.16. The summed E-state index contributed by atoms with van der Waals surface area (Å²) >= 11 is 0. The Balaban J connectivity index is 1.45. The molecule has 1 aromatic rings. The minimum Gasteiger partial charge on any atom is -0.447 e. The summed E-state index contributed by atoms with van der Waals surface area (Å²) < 4.78 is 5.59. The van der Waals surface area contributed by atoms with E-state index in [0.717, 1.165) is 58.0 Å². The Morgan fingerprint density at radius 1 is 1.15 bits per heavy atom. The second-order valence-corrected chi connectivity index (χ2v) is 8.40. The molecule has 2 saturated heterocycles. The number of carbonyl (C=O) groups excluding carboxylic acids is 1. The third kappa shape index (κ3) is 5.30. The molecule has 0 bridgehead atoms. The van der Waals surface area contributed by atoms with Gasteiger partial charge in [0.25, 0.3) is 5.91 Å². The summed E-state index contributed by atoms with van der Waals surface area (Å²) in [6.07, 6.45) is 4.96. The van der Waals surface area contributed by atoms with E-state index in [-0.39, 0.29) is 5.91 Å². The first-order valence-corrected chi connectivity index (χ1v) is 10.2. The van der Waals surface area contributed by atoms with Crippen molar-refractivity contribution < 1.29 is 9.21 Å². The van der Waals surface area contributed by atoms with Crippen LogP contribution >= 0.6 is 0 Å². The van der Waals surface area contributed by atoms with Gasteiger partial charge in [-0.15, -0.1) is 0 Å². The summed E-state index contributed by atoms with van der Waals surface area (Å²) in [7, 11) is 0. The number of oxazole rings is 1. The number of carbonyl (C=O) groups is 1. The highest BCUT2D eigenvalue weighted by Gasteiger charge is 2.25. The molecule has 6 nitrogen and oxygen atoms in total. The molecule has 6 heteroatoms. The molecular formula is C20H34N4O2. The minimum atomic E-state index is 0.0189. The number of aromatic nitrogens is 1. The van der Waals surface area contributed by atoms with Crippen LogP contribution in [0, 0.1) is 11.8 Å². The lowest BCUT2D eigenvalue weighted by atomic mass is 9.99. The molecular weight excluding hydrogens is 328 g/mol. The normalized spacial score (nSPS) is 20.8. The third-order valence-electron chi connectivity index (χ3n) is 5.69. The highest BCUT2D eigenvalue weighted by atomic mass is 16.3. The molecule has 26 heavy (non-hydrogen) atoms. The van der Waals surface area contributed by atoms with Crippen molar-refractivity contribution in [3.8, 4) is 0 Å². The van der Waals surface area contributed by atoms with Crippen LogP contribution in [0.25, 0.3) is 0 Å². The van der Waals surface area contributed by atoms with Crippen molar-refractivity contribution in [2.24, 2.45) is 11.8 Å². The largest absolute Gasteiger partial charge is 0.447 e. The van der Waals surface area contributed by atoms with Crippen molar-refractivity contribution in [3.05, 3.63) is 17.8 Å². The zero-order chi connectivity index (χ0) is 18.5. The highest BCUT2D eigenvalue weighted by Crippen LogP contribution is 2.18. The molecule has 0 spiro atoms. The fourth-order valence-electron chi connectivity index (χ4n) is 3.66. The van der Waals surface area contributed by atoms with Crippen LogP contribution in [0.5, 0.6) is 0 Å². The van der Waals surface area contributed by atoms with Crippen LogP contribution in [0.4, 0.5) is 0 Å². The van der Waals surface area contributed by atoms with Gasteiger partial charge in [0.15, 0.2) is 5.69 Å². The molecule has 2 aliphatic heterocycles. The molecule has 0 saturated carbocycles. The maximum absolute atomic E-state index is 12.6. The molecule has 0 aromatic carbocycles. The van der Waals surface area contributed by atoms with E-state index in [9.17, 15) is 4.79 Å². The Bertz CT molecular complexity index is 570. The molecule has 3 heterocycles. The van der Waals surface area contributed by atoms with E-state index in [4.69, 9.17) is 4.42 Å². The Morgan fingerprint density at radius 2 is 1.81 bits per heavy atom. The number of piperazine rings is 1. The number of hydrogen-bond acceptors (Lipinski definition) is 5. The predicted octanol–water partition coefficient (Wildman–Crippen LogP) is 2.71. The molecule has 2 aliphatic rings. The molecule has 1 aromatic heterocycles. The molecule has 1 amide bonds. The van der Waals surface area contributed by atoms with Gasteiger partial charge < -0.3 is 14.2 Å². The molecule has 3 rings (SSSR count). The number of hydrogen-bond donors (Lipinski definition) is 0. The molecule has 0 unspecified atom stereocenters. The summed E-state index contributed by atoms with van der Waals surface area (Å²) in [6, 6.07) is 0. The van der Waals surface area contributed by atoms with Gasteiger partial charge in [0.2, 0.25) is 5.89 Å². The zero-order valence-corrected chi connectivity index (χ0v) is 16.6. The summed E-state index contributed by atoms with van der Waals surface area (Å²) in [5, 5.41) is 0. The number of rotatable bonds is 6. The van der Waals surface area contributed by atoms with E-state index in [1.807, 2.05) is 4.90 Å². The smallest absolute Gasteiger partial charge is 0.275 e. The van der Waals surface area contributed by atoms with Crippen LogP contribution in [0.2, 0.25) is 0 Å². The Morgan fingerprint density at radius 3 is 2.46 bits per heavy atom. The summed E-state index contributed by atoms with van der Waals surface area (Å²) in [5.41, 5.74) is 0.463. The van der Waals surface area contributed by atoms with Gasteiger partial charge in [0.1, 0.15) is 6.26 Å². The van der Waals surface area contributed by atoms with Crippen molar-refractivity contribution >= 4 is 5.91 Å². The molecule has 0 radical (unpaired) electrons. The SMILES string of the molecule is CC(C)CCN1CCN(Cc2nc(C(=O)N3CCC(C)CC3)co2)CC1. The van der Waals surface area contributed by atoms with Crippen molar-refractivity contribution in [3.63, 3.8) is 0 Å². The number of likely N-dealkylation sites (tertiary alicyclic amines) is 1. The topological polar surface area (TPSA) is 52.8 Å². The number of amides is 1. The highest BCUT2D eigenvalue weighted by molar-refractivity contribution is 5.92. The molecule has 146 valence electrons. The fourth-order valence-corrected chi connectivity index (χ4v) is 3.66. The molecule has 0 aliphatic carbocycles. The van der Waals surface area contributed by atoms with Crippen molar-refractivity contribution in [1.29, 1.82) is 0 Å². The second-order valence-electron chi connectivity index (χ2n) is 8.40. The van der Waals surface area contributed by atoms with E-state index in [0.29, 0.717) is 24.0 Å². The maximum atomic E-state index is 12.6. The van der Waals surface area contributed by atoms with Gasteiger partial charge in [0.05, 0.1) is 6.54 Å². The number of nitrogens with zero attached hydrogens (tertiary/aromatic N) is 4. The van der Waals surface area contributed by atoms with Crippen LogP contribution in [-0.2, 0) is 6.54 Å². The predicted molar refractivity (Wildman–Crippen MR) is 102 cm³/mol. The van der Waals surface area contributed by atoms with Gasteiger partial charge in [0, 0.05) is 39.3 Å². The average molecular weight is 363 g/mol. The molecule has 0 N–H and O–H groups in total. The van der Waals surface area contributed by atoms with Gasteiger partial charge in [-0.05, 0) is 37.6 Å². The second kappa shape index (κ2) is 9.00. The minimum absolute atomic E-state index is 0.0189. The van der Waals surface area contributed by atoms with E-state index in [2.05, 4.69) is 35.6 Å². The Kier molecular flexibility index (Phi) is 6.70. The standard InChI is InChI=1S/C20H34N4O2/c1-16(2)4-7-22-10-12-23(13-11-22)14-19-21-18(15-26-19)20(25)24-8-5-17(3)6-9-24/h15-17H,4-14H2,1-3H3. The summed E-state index contributed by atoms with van der Waals surface area (Å²) in [6.45, 7) is 14.6. The average Bonchev–Trinajstić information content (AvgIpc) is 3.09. The van der Waals surface area contributed by atoms with E-state index < -0.39 is 0 Å². The zero-order valence-electron chi connectivity index (χ0n) is 16.6. The van der Waals surface area contributed by atoms with Gasteiger partial charge in [-0.3, -0.25) is 9.69 Å².